The Hall–Kier alpha value is -3.69. The first-order valence-electron chi connectivity index (χ1n) is 10.00. The second kappa shape index (κ2) is 8.27. The van der Waals surface area contributed by atoms with Crippen LogP contribution >= 0.6 is 0 Å². The van der Waals surface area contributed by atoms with Crippen molar-refractivity contribution in [2.45, 2.75) is 24.0 Å². The highest BCUT2D eigenvalue weighted by molar-refractivity contribution is 7.89. The molecule has 0 spiro atoms. The van der Waals surface area contributed by atoms with Crippen LogP contribution in [-0.2, 0) is 10.0 Å². The number of fused-ring (bicyclic) bond motifs is 1. The zero-order valence-corrected chi connectivity index (χ0v) is 19.1. The van der Waals surface area contributed by atoms with Gasteiger partial charge in [-0.1, -0.05) is 6.08 Å². The van der Waals surface area contributed by atoms with Gasteiger partial charge in [-0.05, 0) is 37.3 Å². The van der Waals surface area contributed by atoms with Crippen molar-refractivity contribution in [2.24, 2.45) is 0 Å². The Balaban J connectivity index is 1.83. The van der Waals surface area contributed by atoms with Gasteiger partial charge in [0.15, 0.2) is 0 Å². The van der Waals surface area contributed by atoms with E-state index in [9.17, 15) is 26.9 Å². The molecule has 0 saturated carbocycles. The van der Waals surface area contributed by atoms with Crippen molar-refractivity contribution >= 4 is 32.4 Å². The van der Waals surface area contributed by atoms with E-state index in [1.54, 1.807) is 15.5 Å². The lowest BCUT2D eigenvalue weighted by molar-refractivity contribution is -0.147. The standard InChI is InChI=1S/C22H19F3N6O2S/c1-13(22(23,24)25)29-34(32,33)16-7-8-19(27-12-16)20-18(10-26)17-9-15(30(2)3)11-28-21(17)31(20)14-5-4-6-14/h4-9,11-13,29H,1-3H3/t13-/m0/s1. The molecule has 0 fully saturated rings. The molecule has 0 bridgehead atoms. The smallest absolute Gasteiger partial charge is 0.376 e. The van der Waals surface area contributed by atoms with Crippen LogP contribution in [0.2, 0.25) is 0 Å². The SMILES string of the molecule is C[C@H](NS(=O)(=O)c1ccc(-c2c(C#N)c3cc(N(C)C)cnc3n2C2=CC=C2)nc1)C(F)(F)F. The zero-order valence-electron chi connectivity index (χ0n) is 18.3. The summed E-state index contributed by atoms with van der Waals surface area (Å²) in [5, 5.41) is 10.6. The van der Waals surface area contributed by atoms with Crippen molar-refractivity contribution < 1.29 is 21.6 Å². The number of allylic oxidation sites excluding steroid dienone is 4. The molecular formula is C22H19F3N6O2S. The first kappa shape index (κ1) is 23.5. The first-order chi connectivity index (χ1) is 15.9. The van der Waals surface area contributed by atoms with Crippen molar-refractivity contribution in [3.63, 3.8) is 0 Å². The van der Waals surface area contributed by atoms with Gasteiger partial charge >= 0.3 is 6.18 Å². The Morgan fingerprint density at radius 1 is 1.21 bits per heavy atom. The molecule has 3 heterocycles. The van der Waals surface area contributed by atoms with E-state index >= 15 is 0 Å². The summed E-state index contributed by atoms with van der Waals surface area (Å²) in [6, 6.07) is 4.26. The molecule has 34 heavy (non-hydrogen) atoms. The molecule has 1 aliphatic rings. The summed E-state index contributed by atoms with van der Waals surface area (Å²) >= 11 is 0. The highest BCUT2D eigenvalue weighted by atomic mass is 32.2. The van der Waals surface area contributed by atoms with E-state index in [0.717, 1.165) is 23.6 Å². The van der Waals surface area contributed by atoms with E-state index in [4.69, 9.17) is 0 Å². The second-order valence-corrected chi connectivity index (χ2v) is 9.56. The van der Waals surface area contributed by atoms with Gasteiger partial charge in [0.25, 0.3) is 0 Å². The average Bonchev–Trinajstić information content (AvgIpc) is 3.05. The Morgan fingerprint density at radius 2 is 1.91 bits per heavy atom. The van der Waals surface area contributed by atoms with Gasteiger partial charge in [-0.15, -0.1) is 0 Å². The van der Waals surface area contributed by atoms with Crippen molar-refractivity contribution in [1.82, 2.24) is 19.3 Å². The number of halogens is 3. The minimum atomic E-state index is -4.73. The minimum Gasteiger partial charge on any atom is -0.376 e. The maximum atomic E-state index is 12.8. The van der Waals surface area contributed by atoms with E-state index < -0.39 is 27.1 Å². The van der Waals surface area contributed by atoms with Gasteiger partial charge in [-0.25, -0.2) is 13.4 Å². The van der Waals surface area contributed by atoms with Gasteiger partial charge in [0.05, 0.1) is 28.8 Å². The van der Waals surface area contributed by atoms with E-state index in [0.29, 0.717) is 29.2 Å². The number of nitriles is 1. The lowest BCUT2D eigenvalue weighted by Gasteiger charge is -2.17. The highest BCUT2D eigenvalue weighted by Gasteiger charge is 2.39. The molecule has 3 aromatic rings. The monoisotopic (exact) mass is 488 g/mol. The van der Waals surface area contributed by atoms with Gasteiger partial charge in [0.2, 0.25) is 10.0 Å². The minimum absolute atomic E-state index is 0.268. The molecule has 0 amide bonds. The fourth-order valence-electron chi connectivity index (χ4n) is 3.38. The maximum absolute atomic E-state index is 12.8. The molecule has 0 aliphatic heterocycles. The summed E-state index contributed by atoms with van der Waals surface area (Å²) in [4.78, 5) is 10.1. The lowest BCUT2D eigenvalue weighted by atomic mass is 10.1. The fourth-order valence-corrected chi connectivity index (χ4v) is 4.56. The van der Waals surface area contributed by atoms with Gasteiger partial charge in [-0.3, -0.25) is 9.55 Å². The van der Waals surface area contributed by atoms with Crippen LogP contribution in [0.5, 0.6) is 0 Å². The van der Waals surface area contributed by atoms with Crippen LogP contribution in [0.1, 0.15) is 12.5 Å². The average molecular weight is 488 g/mol. The molecular weight excluding hydrogens is 469 g/mol. The molecule has 0 saturated heterocycles. The molecule has 0 unspecified atom stereocenters. The van der Waals surface area contributed by atoms with Crippen LogP contribution in [0.3, 0.4) is 0 Å². The summed E-state index contributed by atoms with van der Waals surface area (Å²) in [7, 11) is -0.770. The van der Waals surface area contributed by atoms with E-state index in [1.165, 1.54) is 6.07 Å². The third-order valence-corrected chi connectivity index (χ3v) is 6.85. The Labute approximate surface area is 193 Å². The van der Waals surface area contributed by atoms with Crippen LogP contribution in [-0.4, -0.2) is 49.3 Å². The fraction of sp³-hybridized carbons (Fsp3) is 0.227. The number of hydrogen-bond donors (Lipinski definition) is 1. The molecule has 3 aromatic heterocycles. The first-order valence-corrected chi connectivity index (χ1v) is 11.5. The van der Waals surface area contributed by atoms with E-state index in [1.807, 2.05) is 43.3 Å². The van der Waals surface area contributed by atoms with Crippen LogP contribution in [0.25, 0.3) is 28.1 Å². The number of nitrogens with one attached hydrogen (secondary N) is 1. The quantitative estimate of drug-likeness (QED) is 0.568. The number of nitrogens with zero attached hydrogens (tertiary/aromatic N) is 5. The zero-order chi connectivity index (χ0) is 24.8. The predicted octanol–water partition coefficient (Wildman–Crippen LogP) is 3.68. The molecule has 8 nitrogen and oxygen atoms in total. The van der Waals surface area contributed by atoms with E-state index in [2.05, 4.69) is 16.0 Å². The number of alkyl halides is 3. The Morgan fingerprint density at radius 3 is 2.41 bits per heavy atom. The van der Waals surface area contributed by atoms with Gasteiger partial charge in [-0.2, -0.15) is 23.2 Å². The van der Waals surface area contributed by atoms with Crippen LogP contribution in [0.15, 0.2) is 53.7 Å². The molecule has 1 atom stereocenters. The van der Waals surface area contributed by atoms with Crippen LogP contribution in [0.4, 0.5) is 18.9 Å². The largest absolute Gasteiger partial charge is 0.404 e. The second-order valence-electron chi connectivity index (χ2n) is 7.84. The lowest BCUT2D eigenvalue weighted by Crippen LogP contribution is -2.42. The van der Waals surface area contributed by atoms with Gasteiger partial charge < -0.3 is 4.90 Å². The van der Waals surface area contributed by atoms with E-state index in [-0.39, 0.29) is 5.69 Å². The Bertz CT molecular complexity index is 1480. The topological polar surface area (TPSA) is 104 Å². The van der Waals surface area contributed by atoms with Crippen LogP contribution < -0.4 is 9.62 Å². The number of pyridine rings is 2. The third-order valence-electron chi connectivity index (χ3n) is 5.33. The summed E-state index contributed by atoms with van der Waals surface area (Å²) in [6.45, 7) is 0.714. The predicted molar refractivity (Wildman–Crippen MR) is 121 cm³/mol. The summed E-state index contributed by atoms with van der Waals surface area (Å²) in [5.41, 5.74) is 3.02. The van der Waals surface area contributed by atoms with Gasteiger partial charge in [0, 0.05) is 31.4 Å². The van der Waals surface area contributed by atoms with Crippen molar-refractivity contribution in [2.75, 3.05) is 19.0 Å². The molecule has 1 aliphatic carbocycles. The van der Waals surface area contributed by atoms with Crippen molar-refractivity contribution in [1.29, 1.82) is 5.26 Å². The normalized spacial score (nSPS) is 14.4. The number of aromatic nitrogens is 3. The molecule has 0 radical (unpaired) electrons. The Kier molecular flexibility index (Phi) is 5.71. The third kappa shape index (κ3) is 4.04. The molecule has 0 aromatic carbocycles. The highest BCUT2D eigenvalue weighted by Crippen LogP contribution is 2.37. The molecule has 176 valence electrons. The molecule has 1 N–H and O–H groups in total. The summed E-state index contributed by atoms with van der Waals surface area (Å²) < 4.78 is 66.5. The van der Waals surface area contributed by atoms with Crippen molar-refractivity contribution in [3.8, 4) is 17.5 Å². The van der Waals surface area contributed by atoms with Crippen molar-refractivity contribution in [3.05, 3.63) is 54.4 Å². The number of hydrogen-bond acceptors (Lipinski definition) is 6. The summed E-state index contributed by atoms with van der Waals surface area (Å²) in [6.07, 6.45) is 3.38. The number of anilines is 1. The number of rotatable bonds is 6. The molecule has 12 heteroatoms. The van der Waals surface area contributed by atoms with Crippen LogP contribution in [0, 0.1) is 11.3 Å². The van der Waals surface area contributed by atoms with Gasteiger partial charge in [0.1, 0.15) is 22.7 Å². The molecule has 4 rings (SSSR count). The summed E-state index contributed by atoms with van der Waals surface area (Å²) in [5.74, 6) is 0. The maximum Gasteiger partial charge on any atom is 0.404 e. The number of sulfonamides is 1.